The van der Waals surface area contributed by atoms with Gasteiger partial charge in [0, 0.05) is 14.8 Å². The molecule has 0 spiro atoms. The van der Waals surface area contributed by atoms with Crippen LogP contribution in [-0.2, 0) is 15.4 Å². The predicted molar refractivity (Wildman–Crippen MR) is 82.5 cm³/mol. The smallest absolute Gasteiger partial charge is 0.168 e. The number of rotatable bonds is 3. The fraction of sp³-hybridized carbons (Fsp3) is 0.200. The van der Waals surface area contributed by atoms with E-state index in [1.54, 1.807) is 11.3 Å². The second-order valence-electron chi connectivity index (χ2n) is 3.90. The first-order valence-corrected chi connectivity index (χ1v) is 7.77. The third-order valence-electron chi connectivity index (χ3n) is 2.80. The topological polar surface area (TPSA) is 9.23 Å². The molecule has 1 nitrogen and oxygen atoms in total. The van der Waals surface area contributed by atoms with Crippen molar-refractivity contribution in [1.29, 1.82) is 0 Å². The Hall–Kier alpha value is -1.03. The zero-order valence-electron chi connectivity index (χ0n) is 13.0. The molecule has 0 fully saturated rings. The van der Waals surface area contributed by atoms with Gasteiger partial charge in [-0.2, -0.15) is 4.18 Å². The number of thiophene rings is 1. The summed E-state index contributed by atoms with van der Waals surface area (Å²) in [7, 11) is 0. The fourth-order valence-corrected chi connectivity index (χ4v) is 4.24. The summed E-state index contributed by atoms with van der Waals surface area (Å²) in [5.74, 6) is 0. The summed E-state index contributed by atoms with van der Waals surface area (Å²) in [6.45, 7) is 2.22. The van der Waals surface area contributed by atoms with Crippen LogP contribution in [0, 0.1) is 0 Å². The Kier molecular flexibility index (Phi) is 2.45. The minimum Gasteiger partial charge on any atom is -0.168 e. The lowest BCUT2D eigenvalue weighted by Gasteiger charge is -2.01. The number of fused-ring (bicyclic) bond motifs is 3. The molecule has 3 aromatic rings. The number of hydrogen-bond donors (Lipinski definition) is 0. The predicted octanol–water partition coefficient (Wildman–Crippen LogP) is 4.61. The molecule has 3 heteroatoms. The second-order valence-corrected chi connectivity index (χ2v) is 6.20. The van der Waals surface area contributed by atoms with Gasteiger partial charge in [0.2, 0.25) is 0 Å². The molecule has 0 N–H and O–H groups in total. The normalized spacial score (nSPS) is 16.4. The van der Waals surface area contributed by atoms with Crippen LogP contribution >= 0.6 is 11.3 Å². The minimum atomic E-state index is -2.15. The Labute approximate surface area is 118 Å². The quantitative estimate of drug-likeness (QED) is 0.636. The summed E-state index contributed by atoms with van der Waals surface area (Å²) in [6, 6.07) is 13.9. The van der Waals surface area contributed by atoms with Gasteiger partial charge in [-0.3, -0.25) is 0 Å². The van der Waals surface area contributed by atoms with Crippen LogP contribution in [0.4, 0.5) is 0 Å². The Morgan fingerprint density at radius 2 is 2.00 bits per heavy atom. The van der Waals surface area contributed by atoms with Gasteiger partial charge in [-0.1, -0.05) is 24.3 Å². The lowest BCUT2D eigenvalue weighted by atomic mass is 10.1. The molecule has 0 aliphatic carbocycles. The van der Waals surface area contributed by atoms with Crippen molar-refractivity contribution in [1.82, 2.24) is 0 Å². The molecule has 0 aliphatic heterocycles. The van der Waals surface area contributed by atoms with Gasteiger partial charge in [-0.25, -0.2) is 0 Å². The second kappa shape index (κ2) is 4.92. The molecule has 2 aromatic carbocycles. The molecule has 0 saturated heterocycles. The molecular weight excluding hydrogens is 260 g/mol. The summed E-state index contributed by atoms with van der Waals surface area (Å²) >= 11 is 0.480. The van der Waals surface area contributed by atoms with Crippen LogP contribution in [-0.4, -0.2) is 12.8 Å². The Morgan fingerprint density at radius 3 is 2.83 bits per heavy atom. The lowest BCUT2D eigenvalue weighted by Crippen LogP contribution is -2.04. The molecule has 1 aromatic heterocycles. The maximum absolute atomic E-state index is 7.79. The van der Waals surface area contributed by atoms with Crippen LogP contribution in [0.2, 0.25) is 0 Å². The highest BCUT2D eigenvalue weighted by atomic mass is 32.2. The summed E-state index contributed by atoms with van der Waals surface area (Å²) < 4.78 is 31.2. The average Bonchev–Trinajstić information content (AvgIpc) is 2.82. The van der Waals surface area contributed by atoms with E-state index < -0.39 is 17.4 Å². The van der Waals surface area contributed by atoms with Gasteiger partial charge in [0.1, 0.15) is 12.8 Å². The van der Waals surface area contributed by atoms with Gasteiger partial charge in [-0.05, 0) is 25.1 Å². The fourth-order valence-electron chi connectivity index (χ4n) is 2.08. The average molecular weight is 278 g/mol. The van der Waals surface area contributed by atoms with Crippen LogP contribution in [0.5, 0.6) is 0 Å². The van der Waals surface area contributed by atoms with Crippen molar-refractivity contribution in [3.05, 3.63) is 42.5 Å². The number of benzene rings is 2. The zero-order valence-corrected chi connectivity index (χ0v) is 11.6. The van der Waals surface area contributed by atoms with Gasteiger partial charge >= 0.3 is 0 Å². The van der Waals surface area contributed by atoms with Crippen LogP contribution in [0.25, 0.3) is 20.2 Å². The SMILES string of the molecule is [2H]C([2H])([2H])[S+](OCC)c1cccc2sc3ccccc3c12. The largest absolute Gasteiger partial charge is 0.199 e. The molecule has 0 saturated carbocycles. The highest BCUT2D eigenvalue weighted by Crippen LogP contribution is 2.37. The van der Waals surface area contributed by atoms with Crippen molar-refractivity contribution < 1.29 is 8.30 Å². The van der Waals surface area contributed by atoms with Crippen molar-refractivity contribution in [2.45, 2.75) is 11.8 Å². The van der Waals surface area contributed by atoms with Crippen molar-refractivity contribution in [3.63, 3.8) is 0 Å². The number of hydrogen-bond acceptors (Lipinski definition) is 2. The monoisotopic (exact) mass is 278 g/mol. The standard InChI is InChI=1S/C15H15OS2/c1-3-16-18(2)14-10-6-9-13-15(14)11-7-4-5-8-12(11)17-13/h4-10H,3H2,1-2H3/q+1/i2D3. The van der Waals surface area contributed by atoms with Gasteiger partial charge in [0.25, 0.3) is 0 Å². The van der Waals surface area contributed by atoms with E-state index in [0.717, 1.165) is 20.4 Å². The lowest BCUT2D eigenvalue weighted by molar-refractivity contribution is 0.390. The molecule has 0 bridgehead atoms. The summed E-state index contributed by atoms with van der Waals surface area (Å²) in [5.41, 5.74) is 0. The molecule has 0 radical (unpaired) electrons. The van der Waals surface area contributed by atoms with E-state index in [0.29, 0.717) is 6.61 Å². The summed E-state index contributed by atoms with van der Waals surface area (Å²) in [5, 5.41) is 2.13. The highest BCUT2D eigenvalue weighted by molar-refractivity contribution is 7.92. The van der Waals surface area contributed by atoms with E-state index in [4.69, 9.17) is 8.30 Å². The van der Waals surface area contributed by atoms with Gasteiger partial charge in [-0.15, -0.1) is 11.3 Å². The highest BCUT2D eigenvalue weighted by Gasteiger charge is 2.22. The van der Waals surface area contributed by atoms with E-state index in [2.05, 4.69) is 6.07 Å². The van der Waals surface area contributed by atoms with E-state index in [-0.39, 0.29) is 0 Å². The van der Waals surface area contributed by atoms with Crippen molar-refractivity contribution in [2.75, 3.05) is 12.8 Å². The molecule has 0 aliphatic rings. The van der Waals surface area contributed by atoms with Crippen LogP contribution < -0.4 is 0 Å². The Bertz CT molecular complexity index is 779. The molecular formula is C15H15OS2+. The molecule has 18 heavy (non-hydrogen) atoms. The van der Waals surface area contributed by atoms with Gasteiger partial charge in [0.05, 0.1) is 9.50 Å². The molecule has 0 amide bonds. The molecule has 92 valence electrons. The first-order chi connectivity index (χ1) is 10.0. The Morgan fingerprint density at radius 1 is 1.17 bits per heavy atom. The van der Waals surface area contributed by atoms with Gasteiger partial charge < -0.3 is 0 Å². The third kappa shape index (κ3) is 1.92. The van der Waals surface area contributed by atoms with Crippen LogP contribution in [0.3, 0.4) is 0 Å². The van der Waals surface area contributed by atoms with Crippen molar-refractivity contribution in [2.24, 2.45) is 0 Å². The van der Waals surface area contributed by atoms with Gasteiger partial charge in [0.15, 0.2) is 16.1 Å². The molecule has 1 atom stereocenters. The molecule has 3 rings (SSSR count). The van der Waals surface area contributed by atoms with Crippen LogP contribution in [0.15, 0.2) is 47.4 Å². The third-order valence-corrected chi connectivity index (χ3v) is 5.15. The van der Waals surface area contributed by atoms with Crippen molar-refractivity contribution in [3.8, 4) is 0 Å². The molecule has 1 heterocycles. The van der Waals surface area contributed by atoms with E-state index >= 15 is 0 Å². The zero-order chi connectivity index (χ0) is 15.0. The Balaban J connectivity index is 2.31. The van der Waals surface area contributed by atoms with E-state index in [1.807, 2.05) is 43.3 Å². The van der Waals surface area contributed by atoms with E-state index in [1.165, 1.54) is 4.70 Å². The first kappa shape index (κ1) is 8.97. The molecule has 1 unspecified atom stereocenters. The van der Waals surface area contributed by atoms with Crippen molar-refractivity contribution >= 4 is 42.7 Å². The van der Waals surface area contributed by atoms with E-state index in [9.17, 15) is 0 Å². The first-order valence-electron chi connectivity index (χ1n) is 7.30. The summed E-state index contributed by atoms with van der Waals surface area (Å²) in [4.78, 5) is 0.784. The minimum absolute atomic E-state index is 0.389. The van der Waals surface area contributed by atoms with Crippen LogP contribution in [0.1, 0.15) is 11.0 Å². The maximum Gasteiger partial charge on any atom is 0.199 e. The maximum atomic E-state index is 7.79. The summed E-state index contributed by atoms with van der Waals surface area (Å²) in [6.07, 6.45) is -2.15.